The van der Waals surface area contributed by atoms with E-state index in [4.69, 9.17) is 5.73 Å². The lowest BCUT2D eigenvalue weighted by Crippen LogP contribution is -2.49. The Morgan fingerprint density at radius 1 is 1.65 bits per heavy atom. The first-order valence-electron chi connectivity index (χ1n) is 5.71. The highest BCUT2D eigenvalue weighted by Crippen LogP contribution is 2.20. The molecule has 2 heterocycles. The Kier molecular flexibility index (Phi) is 3.87. The molecule has 2 unspecified atom stereocenters. The van der Waals surface area contributed by atoms with Crippen molar-refractivity contribution in [1.29, 1.82) is 0 Å². The first-order valence-corrected chi connectivity index (χ1v) is 8.41. The van der Waals surface area contributed by atoms with E-state index < -0.39 is 9.84 Å². The minimum absolute atomic E-state index is 0.0155. The SMILES string of the molecule is CC1CS(=O)(=O)CCN1CC(N)c1cccs1. The molecule has 0 radical (unpaired) electrons. The third-order valence-corrected chi connectivity index (χ3v) is 5.95. The van der Waals surface area contributed by atoms with Crippen molar-refractivity contribution in [3.63, 3.8) is 0 Å². The van der Waals surface area contributed by atoms with E-state index in [1.54, 1.807) is 11.3 Å². The van der Waals surface area contributed by atoms with Gasteiger partial charge in [0.1, 0.15) is 0 Å². The highest BCUT2D eigenvalue weighted by atomic mass is 32.2. The van der Waals surface area contributed by atoms with Crippen LogP contribution in [0.3, 0.4) is 0 Å². The summed E-state index contributed by atoms with van der Waals surface area (Å²) in [5, 5.41) is 2.01. The maximum absolute atomic E-state index is 11.5. The fourth-order valence-corrected chi connectivity index (χ4v) is 4.49. The number of hydrogen-bond donors (Lipinski definition) is 1. The Morgan fingerprint density at radius 3 is 3.00 bits per heavy atom. The van der Waals surface area contributed by atoms with Crippen LogP contribution in [-0.2, 0) is 9.84 Å². The van der Waals surface area contributed by atoms with Crippen LogP contribution in [0.25, 0.3) is 0 Å². The van der Waals surface area contributed by atoms with E-state index in [9.17, 15) is 8.42 Å². The van der Waals surface area contributed by atoms with E-state index in [-0.39, 0.29) is 23.6 Å². The molecular formula is C11H18N2O2S2. The third-order valence-electron chi connectivity index (χ3n) is 3.15. The number of nitrogens with zero attached hydrogens (tertiary/aromatic N) is 1. The third kappa shape index (κ3) is 3.28. The summed E-state index contributed by atoms with van der Waals surface area (Å²) in [5.41, 5.74) is 6.12. The van der Waals surface area contributed by atoms with Gasteiger partial charge in [-0.3, -0.25) is 4.90 Å². The summed E-state index contributed by atoms with van der Waals surface area (Å²) in [6, 6.07) is 4.07. The summed E-state index contributed by atoms with van der Waals surface area (Å²) in [4.78, 5) is 3.33. The number of nitrogens with two attached hydrogens (primary N) is 1. The zero-order chi connectivity index (χ0) is 12.5. The van der Waals surface area contributed by atoms with Crippen LogP contribution in [0.4, 0.5) is 0 Å². The molecule has 96 valence electrons. The predicted octanol–water partition coefficient (Wildman–Crippen LogP) is 0.867. The molecule has 1 saturated heterocycles. The molecule has 1 aromatic heterocycles. The van der Waals surface area contributed by atoms with Crippen LogP contribution in [0.15, 0.2) is 17.5 Å². The van der Waals surface area contributed by atoms with Gasteiger partial charge in [0, 0.05) is 24.0 Å². The van der Waals surface area contributed by atoms with Crippen molar-refractivity contribution in [2.45, 2.75) is 19.0 Å². The maximum atomic E-state index is 11.5. The lowest BCUT2D eigenvalue weighted by atomic mass is 10.2. The first-order chi connectivity index (χ1) is 7.98. The van der Waals surface area contributed by atoms with Crippen LogP contribution in [0.5, 0.6) is 0 Å². The highest BCUT2D eigenvalue weighted by Gasteiger charge is 2.29. The second-order valence-electron chi connectivity index (χ2n) is 4.58. The highest BCUT2D eigenvalue weighted by molar-refractivity contribution is 7.91. The number of rotatable bonds is 3. The molecule has 4 nitrogen and oxygen atoms in total. The minimum Gasteiger partial charge on any atom is -0.322 e. The summed E-state index contributed by atoms with van der Waals surface area (Å²) in [5.74, 6) is 0.513. The second-order valence-corrected chi connectivity index (χ2v) is 7.79. The van der Waals surface area contributed by atoms with Gasteiger partial charge in [0.2, 0.25) is 0 Å². The molecule has 0 bridgehead atoms. The lowest BCUT2D eigenvalue weighted by molar-refractivity contribution is 0.214. The average molecular weight is 274 g/mol. The van der Waals surface area contributed by atoms with Gasteiger partial charge in [0.25, 0.3) is 0 Å². The maximum Gasteiger partial charge on any atom is 0.153 e. The van der Waals surface area contributed by atoms with Crippen LogP contribution in [0.2, 0.25) is 0 Å². The van der Waals surface area contributed by atoms with Gasteiger partial charge >= 0.3 is 0 Å². The molecule has 0 saturated carbocycles. The van der Waals surface area contributed by atoms with Crippen molar-refractivity contribution >= 4 is 21.2 Å². The standard InChI is InChI=1S/C11H18N2O2S2/c1-9-8-17(14,15)6-4-13(9)7-10(12)11-3-2-5-16-11/h2-3,5,9-10H,4,6-8,12H2,1H3. The van der Waals surface area contributed by atoms with Crippen LogP contribution in [-0.4, -0.2) is 44.0 Å². The minimum atomic E-state index is -2.83. The van der Waals surface area contributed by atoms with Gasteiger partial charge in [0.05, 0.1) is 17.5 Å². The van der Waals surface area contributed by atoms with Gasteiger partial charge in [0.15, 0.2) is 9.84 Å². The summed E-state index contributed by atoms with van der Waals surface area (Å²) in [6.45, 7) is 3.29. The smallest absolute Gasteiger partial charge is 0.153 e. The average Bonchev–Trinajstić information content (AvgIpc) is 2.74. The summed E-state index contributed by atoms with van der Waals surface area (Å²) < 4.78 is 22.9. The van der Waals surface area contributed by atoms with Crippen molar-refractivity contribution < 1.29 is 8.42 Å². The van der Waals surface area contributed by atoms with Crippen molar-refractivity contribution in [1.82, 2.24) is 4.90 Å². The Balaban J connectivity index is 1.96. The number of thiophene rings is 1. The predicted molar refractivity (Wildman–Crippen MR) is 70.9 cm³/mol. The van der Waals surface area contributed by atoms with Gasteiger partial charge < -0.3 is 5.73 Å². The zero-order valence-corrected chi connectivity index (χ0v) is 11.5. The molecule has 17 heavy (non-hydrogen) atoms. The molecule has 0 spiro atoms. The normalized spacial score (nSPS) is 26.8. The van der Waals surface area contributed by atoms with E-state index in [1.165, 1.54) is 0 Å². The molecule has 0 aliphatic carbocycles. The van der Waals surface area contributed by atoms with Gasteiger partial charge in [-0.15, -0.1) is 11.3 Å². The van der Waals surface area contributed by atoms with Crippen LogP contribution in [0, 0.1) is 0 Å². The molecule has 1 fully saturated rings. The Morgan fingerprint density at radius 2 is 2.41 bits per heavy atom. The largest absolute Gasteiger partial charge is 0.322 e. The Labute approximate surface area is 106 Å². The summed E-state index contributed by atoms with van der Waals surface area (Å²) in [7, 11) is -2.83. The molecule has 2 N–H and O–H groups in total. The van der Waals surface area contributed by atoms with Crippen molar-refractivity contribution in [2.24, 2.45) is 5.73 Å². The van der Waals surface area contributed by atoms with Gasteiger partial charge in [-0.1, -0.05) is 6.07 Å². The summed E-state index contributed by atoms with van der Waals surface area (Å²) in [6.07, 6.45) is 0. The van der Waals surface area contributed by atoms with Gasteiger partial charge in [-0.2, -0.15) is 0 Å². The van der Waals surface area contributed by atoms with Crippen LogP contribution in [0.1, 0.15) is 17.8 Å². The fourth-order valence-electron chi connectivity index (χ4n) is 2.15. The first kappa shape index (κ1) is 13.0. The van der Waals surface area contributed by atoms with E-state index in [0.717, 1.165) is 11.4 Å². The van der Waals surface area contributed by atoms with Crippen LogP contribution < -0.4 is 5.73 Å². The lowest BCUT2D eigenvalue weighted by Gasteiger charge is -2.34. The van der Waals surface area contributed by atoms with Crippen LogP contribution >= 0.6 is 11.3 Å². The monoisotopic (exact) mass is 274 g/mol. The zero-order valence-electron chi connectivity index (χ0n) is 9.87. The second kappa shape index (κ2) is 5.06. The fraction of sp³-hybridized carbons (Fsp3) is 0.636. The quantitative estimate of drug-likeness (QED) is 0.888. The molecule has 6 heteroatoms. The van der Waals surface area contributed by atoms with E-state index in [2.05, 4.69) is 4.90 Å². The van der Waals surface area contributed by atoms with Crippen molar-refractivity contribution in [3.8, 4) is 0 Å². The molecule has 1 aliphatic heterocycles. The number of sulfone groups is 1. The molecule has 1 aliphatic rings. The molecule has 2 rings (SSSR count). The molecular weight excluding hydrogens is 256 g/mol. The summed E-state index contributed by atoms with van der Waals surface area (Å²) >= 11 is 1.65. The number of hydrogen-bond acceptors (Lipinski definition) is 5. The van der Waals surface area contributed by atoms with E-state index >= 15 is 0 Å². The van der Waals surface area contributed by atoms with Crippen molar-refractivity contribution in [3.05, 3.63) is 22.4 Å². The van der Waals surface area contributed by atoms with Gasteiger partial charge in [-0.25, -0.2) is 8.42 Å². The molecule has 0 amide bonds. The molecule has 2 atom stereocenters. The van der Waals surface area contributed by atoms with Crippen molar-refractivity contribution in [2.75, 3.05) is 24.6 Å². The van der Waals surface area contributed by atoms with Gasteiger partial charge in [-0.05, 0) is 18.4 Å². The Bertz CT molecular complexity index is 456. The Hall–Kier alpha value is -0.430. The molecule has 1 aromatic rings. The topological polar surface area (TPSA) is 63.4 Å². The molecule has 0 aromatic carbocycles. The van der Waals surface area contributed by atoms with E-state index in [0.29, 0.717) is 6.54 Å². The van der Waals surface area contributed by atoms with E-state index in [1.807, 2.05) is 24.4 Å².